The van der Waals surface area contributed by atoms with Gasteiger partial charge in [-0.05, 0) is 19.8 Å². The number of aryl methyl sites for hydroxylation is 1. The first-order valence-electron chi connectivity index (χ1n) is 7.58. The van der Waals surface area contributed by atoms with Gasteiger partial charge in [0.25, 0.3) is 0 Å². The summed E-state index contributed by atoms with van der Waals surface area (Å²) in [4.78, 5) is 7.01. The smallest absolute Gasteiger partial charge is 0.141 e. The van der Waals surface area contributed by atoms with Crippen molar-refractivity contribution in [1.29, 1.82) is 0 Å². The summed E-state index contributed by atoms with van der Waals surface area (Å²) in [5.74, 6) is 1.11. The Balaban J connectivity index is 2.03. The Hall–Kier alpha value is -0.940. The highest BCUT2D eigenvalue weighted by Crippen LogP contribution is 2.15. The van der Waals surface area contributed by atoms with E-state index in [9.17, 15) is 0 Å². The maximum absolute atomic E-state index is 4.44. The average Bonchev–Trinajstić information content (AvgIpc) is 2.81. The van der Waals surface area contributed by atoms with Crippen LogP contribution >= 0.6 is 0 Å². The van der Waals surface area contributed by atoms with Gasteiger partial charge in [0.2, 0.25) is 0 Å². The van der Waals surface area contributed by atoms with Gasteiger partial charge in [0.1, 0.15) is 12.2 Å². The topological polar surface area (TPSA) is 46.0 Å². The normalized spacial score (nSPS) is 24.8. The van der Waals surface area contributed by atoms with Gasteiger partial charge in [0.15, 0.2) is 0 Å². The van der Waals surface area contributed by atoms with Crippen molar-refractivity contribution >= 4 is 0 Å². The molecule has 1 aromatic rings. The van der Waals surface area contributed by atoms with E-state index in [1.165, 1.54) is 12.8 Å². The van der Waals surface area contributed by atoms with E-state index in [0.29, 0.717) is 12.1 Å². The average molecular weight is 265 g/mol. The zero-order valence-electron chi connectivity index (χ0n) is 12.5. The summed E-state index contributed by atoms with van der Waals surface area (Å²) in [6.07, 6.45) is 5.28. The number of nitrogens with one attached hydrogen (secondary N) is 1. The van der Waals surface area contributed by atoms with Gasteiger partial charge in [-0.25, -0.2) is 9.67 Å². The van der Waals surface area contributed by atoms with Crippen molar-refractivity contribution < 1.29 is 0 Å². The largest absolute Gasteiger partial charge is 0.311 e. The lowest BCUT2D eigenvalue weighted by atomic mass is 10.1. The summed E-state index contributed by atoms with van der Waals surface area (Å²) in [5.41, 5.74) is 0. The first kappa shape index (κ1) is 14.5. The van der Waals surface area contributed by atoms with Crippen LogP contribution in [0.1, 0.15) is 45.9 Å². The first-order chi connectivity index (χ1) is 9.24. The zero-order chi connectivity index (χ0) is 13.7. The van der Waals surface area contributed by atoms with E-state index in [1.54, 1.807) is 6.33 Å². The Labute approximate surface area is 116 Å². The monoisotopic (exact) mass is 265 g/mol. The van der Waals surface area contributed by atoms with Crippen LogP contribution in [0, 0.1) is 0 Å². The van der Waals surface area contributed by atoms with Crippen molar-refractivity contribution in [3.63, 3.8) is 0 Å². The second-order valence-corrected chi connectivity index (χ2v) is 5.58. The maximum Gasteiger partial charge on any atom is 0.141 e. The van der Waals surface area contributed by atoms with Crippen molar-refractivity contribution in [2.75, 3.05) is 13.1 Å². The molecule has 0 saturated carbocycles. The second kappa shape index (κ2) is 7.01. The number of piperazine rings is 1. The SMILES string of the molecule is CCCC1CNC(C)CN1Cc1ncnn1CCC. The standard InChI is InChI=1S/C14H27N5/c1-4-6-13-8-15-12(3)9-18(13)10-14-16-11-17-19(14)7-5-2/h11-13,15H,4-10H2,1-3H3. The van der Waals surface area contributed by atoms with Crippen molar-refractivity contribution in [2.24, 2.45) is 0 Å². The second-order valence-electron chi connectivity index (χ2n) is 5.58. The number of nitrogens with zero attached hydrogens (tertiary/aromatic N) is 4. The predicted octanol–water partition coefficient (Wildman–Crippen LogP) is 1.65. The van der Waals surface area contributed by atoms with E-state index < -0.39 is 0 Å². The van der Waals surface area contributed by atoms with Crippen LogP contribution in [0.15, 0.2) is 6.33 Å². The molecule has 2 heterocycles. The highest BCUT2D eigenvalue weighted by molar-refractivity contribution is 4.91. The predicted molar refractivity (Wildman–Crippen MR) is 76.9 cm³/mol. The van der Waals surface area contributed by atoms with Gasteiger partial charge < -0.3 is 5.32 Å². The Bertz CT molecular complexity index is 376. The van der Waals surface area contributed by atoms with Crippen LogP contribution in [-0.4, -0.2) is 44.8 Å². The molecule has 1 aliphatic heterocycles. The summed E-state index contributed by atoms with van der Waals surface area (Å²) < 4.78 is 2.05. The summed E-state index contributed by atoms with van der Waals surface area (Å²) >= 11 is 0. The molecule has 1 aliphatic rings. The quantitative estimate of drug-likeness (QED) is 0.849. The Kier molecular flexibility index (Phi) is 5.34. The molecule has 0 aromatic carbocycles. The molecular weight excluding hydrogens is 238 g/mol. The van der Waals surface area contributed by atoms with Crippen molar-refractivity contribution in [3.05, 3.63) is 12.2 Å². The zero-order valence-corrected chi connectivity index (χ0v) is 12.5. The van der Waals surface area contributed by atoms with Crippen LogP contribution in [0.4, 0.5) is 0 Å². The molecule has 1 fully saturated rings. The number of hydrogen-bond acceptors (Lipinski definition) is 4. The van der Waals surface area contributed by atoms with Crippen LogP contribution in [-0.2, 0) is 13.1 Å². The van der Waals surface area contributed by atoms with E-state index in [4.69, 9.17) is 0 Å². The maximum atomic E-state index is 4.44. The van der Waals surface area contributed by atoms with E-state index in [-0.39, 0.29) is 0 Å². The molecule has 0 aliphatic carbocycles. The van der Waals surface area contributed by atoms with Crippen molar-refractivity contribution in [1.82, 2.24) is 25.0 Å². The van der Waals surface area contributed by atoms with Crippen LogP contribution in [0.2, 0.25) is 0 Å². The molecule has 5 nitrogen and oxygen atoms in total. The molecule has 0 radical (unpaired) electrons. The molecule has 5 heteroatoms. The molecule has 1 saturated heterocycles. The van der Waals surface area contributed by atoms with Gasteiger partial charge in [-0.1, -0.05) is 20.3 Å². The van der Waals surface area contributed by atoms with E-state index in [2.05, 4.69) is 45.8 Å². The number of rotatable bonds is 6. The van der Waals surface area contributed by atoms with Crippen molar-refractivity contribution in [2.45, 2.75) is 65.2 Å². The van der Waals surface area contributed by atoms with E-state index in [1.807, 2.05) is 0 Å². The van der Waals surface area contributed by atoms with Gasteiger partial charge in [0.05, 0.1) is 6.54 Å². The van der Waals surface area contributed by atoms with Gasteiger partial charge in [-0.3, -0.25) is 4.90 Å². The molecule has 108 valence electrons. The summed E-state index contributed by atoms with van der Waals surface area (Å²) in [6.45, 7) is 10.8. The summed E-state index contributed by atoms with van der Waals surface area (Å²) in [6, 6.07) is 1.20. The molecule has 2 unspecified atom stereocenters. The van der Waals surface area contributed by atoms with Crippen LogP contribution in [0.3, 0.4) is 0 Å². The fourth-order valence-corrected chi connectivity index (χ4v) is 2.83. The molecule has 2 rings (SSSR count). The lowest BCUT2D eigenvalue weighted by Crippen LogP contribution is -2.55. The fraction of sp³-hybridized carbons (Fsp3) is 0.857. The third-order valence-electron chi connectivity index (χ3n) is 3.82. The minimum Gasteiger partial charge on any atom is -0.311 e. The third-order valence-corrected chi connectivity index (χ3v) is 3.82. The molecule has 0 bridgehead atoms. The van der Waals surface area contributed by atoms with Gasteiger partial charge >= 0.3 is 0 Å². The van der Waals surface area contributed by atoms with Gasteiger partial charge in [-0.2, -0.15) is 5.10 Å². The molecule has 1 N–H and O–H groups in total. The van der Waals surface area contributed by atoms with Crippen molar-refractivity contribution in [3.8, 4) is 0 Å². The van der Waals surface area contributed by atoms with Gasteiger partial charge in [0, 0.05) is 31.7 Å². The Morgan fingerprint density at radius 3 is 2.95 bits per heavy atom. The summed E-state index contributed by atoms with van der Waals surface area (Å²) in [7, 11) is 0. The van der Waals surface area contributed by atoms with Crippen LogP contribution in [0.5, 0.6) is 0 Å². The number of hydrogen-bond donors (Lipinski definition) is 1. The molecule has 0 amide bonds. The third kappa shape index (κ3) is 3.76. The molecule has 2 atom stereocenters. The van der Waals surface area contributed by atoms with E-state index >= 15 is 0 Å². The molecule has 0 spiro atoms. The highest BCUT2D eigenvalue weighted by atomic mass is 15.4. The Morgan fingerprint density at radius 2 is 2.21 bits per heavy atom. The van der Waals surface area contributed by atoms with Crippen LogP contribution < -0.4 is 5.32 Å². The number of aromatic nitrogens is 3. The fourth-order valence-electron chi connectivity index (χ4n) is 2.83. The minimum absolute atomic E-state index is 0.565. The molecular formula is C14H27N5. The molecule has 19 heavy (non-hydrogen) atoms. The molecule has 1 aromatic heterocycles. The highest BCUT2D eigenvalue weighted by Gasteiger charge is 2.26. The van der Waals surface area contributed by atoms with E-state index in [0.717, 1.165) is 38.4 Å². The minimum atomic E-state index is 0.565. The Morgan fingerprint density at radius 1 is 1.37 bits per heavy atom. The lowest BCUT2D eigenvalue weighted by molar-refractivity contribution is 0.115. The first-order valence-corrected chi connectivity index (χ1v) is 7.58. The summed E-state index contributed by atoms with van der Waals surface area (Å²) in [5, 5.41) is 7.91. The lowest BCUT2D eigenvalue weighted by Gasteiger charge is -2.39. The van der Waals surface area contributed by atoms with Crippen LogP contribution in [0.25, 0.3) is 0 Å². The van der Waals surface area contributed by atoms with Gasteiger partial charge in [-0.15, -0.1) is 0 Å².